The molecule has 0 radical (unpaired) electrons. The highest BCUT2D eigenvalue weighted by atomic mass is 16.5. The van der Waals surface area contributed by atoms with Gasteiger partial charge < -0.3 is 20.4 Å². The summed E-state index contributed by atoms with van der Waals surface area (Å²) in [5, 5.41) is 9.80. The van der Waals surface area contributed by atoms with Crippen LogP contribution in [0.25, 0.3) is 39.4 Å². The number of morpholine rings is 1. The molecule has 204 valence electrons. The average Bonchev–Trinajstić information content (AvgIpc) is 3.66. The molecule has 0 amide bonds. The largest absolute Gasteiger partial charge is 0.378 e. The topological polar surface area (TPSA) is 127 Å². The maximum absolute atomic E-state index is 6.16. The lowest BCUT2D eigenvalue weighted by atomic mass is 10.1. The number of nitrogens with one attached hydrogen (secondary N) is 1. The minimum absolute atomic E-state index is 0.263. The van der Waals surface area contributed by atoms with Gasteiger partial charge in [0.15, 0.2) is 0 Å². The van der Waals surface area contributed by atoms with Crippen molar-refractivity contribution in [2.24, 2.45) is 5.73 Å². The maximum Gasteiger partial charge on any atom is 0.143 e. The molecule has 1 aromatic carbocycles. The molecule has 0 spiro atoms. The Labute approximate surface area is 232 Å². The number of rotatable bonds is 6. The van der Waals surface area contributed by atoms with Crippen LogP contribution in [0, 0.1) is 0 Å². The Hall–Kier alpha value is -4.19. The summed E-state index contributed by atoms with van der Waals surface area (Å²) in [6.45, 7) is 5.96. The number of H-pyrrole nitrogens is 1. The van der Waals surface area contributed by atoms with Gasteiger partial charge in [-0.1, -0.05) is 17.3 Å². The van der Waals surface area contributed by atoms with E-state index in [1.807, 2.05) is 24.5 Å². The molecule has 1 atom stereocenters. The molecule has 6 heterocycles. The van der Waals surface area contributed by atoms with E-state index >= 15 is 0 Å². The van der Waals surface area contributed by atoms with Gasteiger partial charge >= 0.3 is 0 Å². The first-order valence-electron chi connectivity index (χ1n) is 13.8. The van der Waals surface area contributed by atoms with Crippen LogP contribution in [0.5, 0.6) is 0 Å². The van der Waals surface area contributed by atoms with Crippen molar-refractivity contribution in [3.8, 4) is 28.3 Å². The molecule has 0 aliphatic carbocycles. The summed E-state index contributed by atoms with van der Waals surface area (Å²) < 4.78 is 7.29. The van der Waals surface area contributed by atoms with Crippen LogP contribution in [0.1, 0.15) is 18.4 Å². The van der Waals surface area contributed by atoms with Gasteiger partial charge in [0.1, 0.15) is 23.5 Å². The third kappa shape index (κ3) is 5.06. The highest BCUT2D eigenvalue weighted by Crippen LogP contribution is 2.29. The number of benzene rings is 1. The Morgan fingerprint density at radius 2 is 1.85 bits per heavy atom. The third-order valence-corrected chi connectivity index (χ3v) is 7.69. The molecule has 7 rings (SSSR count). The van der Waals surface area contributed by atoms with Crippen LogP contribution >= 0.6 is 0 Å². The minimum Gasteiger partial charge on any atom is -0.378 e. The van der Waals surface area contributed by atoms with E-state index in [0.717, 1.165) is 90.7 Å². The number of nitrogens with zero attached hydrogens (tertiary/aromatic N) is 8. The zero-order valence-electron chi connectivity index (χ0n) is 22.3. The van der Waals surface area contributed by atoms with E-state index in [2.05, 4.69) is 70.4 Å². The van der Waals surface area contributed by atoms with Gasteiger partial charge in [-0.25, -0.2) is 14.6 Å². The number of anilines is 1. The fourth-order valence-corrected chi connectivity index (χ4v) is 5.62. The second-order valence-electron chi connectivity index (χ2n) is 10.5. The summed E-state index contributed by atoms with van der Waals surface area (Å²) in [6.07, 6.45) is 7.64. The SMILES string of the molecule is N[C@@H]1CCCN(Cc2ccnc(-c3cn(-c4ccc(-c5cc6c(N7CCOCC7)ncnc6[nH]5)cc4)nn3)c2)C1. The molecule has 40 heavy (non-hydrogen) atoms. The lowest BCUT2D eigenvalue weighted by molar-refractivity contribution is 0.122. The van der Waals surface area contributed by atoms with Gasteiger partial charge in [-0.3, -0.25) is 9.88 Å². The number of aromatic nitrogens is 7. The fraction of sp³-hybridized carbons (Fsp3) is 0.345. The molecule has 4 aromatic heterocycles. The Balaban J connectivity index is 1.09. The second kappa shape index (κ2) is 10.8. The Morgan fingerprint density at radius 1 is 0.975 bits per heavy atom. The van der Waals surface area contributed by atoms with Gasteiger partial charge in [0, 0.05) is 44.1 Å². The molecule has 2 aliphatic rings. The summed E-state index contributed by atoms with van der Waals surface area (Å²) in [4.78, 5) is 21.7. The van der Waals surface area contributed by atoms with Crippen molar-refractivity contribution in [1.82, 2.24) is 39.8 Å². The van der Waals surface area contributed by atoms with E-state index < -0.39 is 0 Å². The quantitative estimate of drug-likeness (QED) is 0.337. The van der Waals surface area contributed by atoms with E-state index in [9.17, 15) is 0 Å². The van der Waals surface area contributed by atoms with Crippen LogP contribution in [-0.2, 0) is 11.3 Å². The predicted molar refractivity (Wildman–Crippen MR) is 153 cm³/mol. The molecule has 2 saturated heterocycles. The van der Waals surface area contributed by atoms with Crippen molar-refractivity contribution in [2.75, 3.05) is 44.3 Å². The van der Waals surface area contributed by atoms with Crippen LogP contribution in [0.4, 0.5) is 5.82 Å². The molecule has 2 fully saturated rings. The van der Waals surface area contributed by atoms with E-state index in [1.54, 1.807) is 11.0 Å². The summed E-state index contributed by atoms with van der Waals surface area (Å²) >= 11 is 0. The normalized spacial score (nSPS) is 18.4. The van der Waals surface area contributed by atoms with E-state index in [0.29, 0.717) is 13.2 Å². The Bertz CT molecular complexity index is 1600. The van der Waals surface area contributed by atoms with Gasteiger partial charge in [-0.05, 0) is 60.8 Å². The highest BCUT2D eigenvalue weighted by Gasteiger charge is 2.19. The summed E-state index contributed by atoms with van der Waals surface area (Å²) in [6, 6.07) is 14.8. The summed E-state index contributed by atoms with van der Waals surface area (Å²) in [5.41, 5.74) is 12.7. The molecule has 0 saturated carbocycles. The first kappa shape index (κ1) is 24.8. The monoisotopic (exact) mass is 536 g/mol. The average molecular weight is 537 g/mol. The number of hydrogen-bond donors (Lipinski definition) is 2. The molecular formula is C29H32N10O. The van der Waals surface area contributed by atoms with Gasteiger partial charge in [0.25, 0.3) is 0 Å². The number of aromatic amines is 1. The zero-order chi connectivity index (χ0) is 26.9. The van der Waals surface area contributed by atoms with Gasteiger partial charge in [0.05, 0.1) is 36.2 Å². The molecule has 11 heteroatoms. The second-order valence-corrected chi connectivity index (χ2v) is 10.5. The van der Waals surface area contributed by atoms with Crippen LogP contribution in [0.3, 0.4) is 0 Å². The number of fused-ring (bicyclic) bond motifs is 1. The first-order chi connectivity index (χ1) is 19.7. The lowest BCUT2D eigenvalue weighted by Gasteiger charge is -2.30. The van der Waals surface area contributed by atoms with Crippen molar-refractivity contribution in [2.45, 2.75) is 25.4 Å². The van der Waals surface area contributed by atoms with Crippen molar-refractivity contribution in [1.29, 1.82) is 0 Å². The van der Waals surface area contributed by atoms with Crippen molar-refractivity contribution in [3.05, 3.63) is 66.7 Å². The van der Waals surface area contributed by atoms with Crippen LogP contribution < -0.4 is 10.6 Å². The highest BCUT2D eigenvalue weighted by molar-refractivity contribution is 5.92. The lowest BCUT2D eigenvalue weighted by Crippen LogP contribution is -2.42. The molecule has 3 N–H and O–H groups in total. The number of hydrogen-bond acceptors (Lipinski definition) is 9. The zero-order valence-corrected chi connectivity index (χ0v) is 22.3. The maximum atomic E-state index is 6.16. The van der Waals surface area contributed by atoms with Crippen molar-refractivity contribution in [3.63, 3.8) is 0 Å². The van der Waals surface area contributed by atoms with Gasteiger partial charge in [-0.15, -0.1) is 5.10 Å². The number of pyridine rings is 1. The van der Waals surface area contributed by atoms with Crippen molar-refractivity contribution < 1.29 is 4.74 Å². The number of nitrogens with two attached hydrogens (primary N) is 1. The number of ether oxygens (including phenoxy) is 1. The molecule has 0 bridgehead atoms. The fourth-order valence-electron chi connectivity index (χ4n) is 5.62. The van der Waals surface area contributed by atoms with E-state index in [4.69, 9.17) is 10.5 Å². The van der Waals surface area contributed by atoms with Gasteiger partial charge in [0.2, 0.25) is 0 Å². The molecule has 5 aromatic rings. The Morgan fingerprint density at radius 3 is 2.70 bits per heavy atom. The van der Waals surface area contributed by atoms with Crippen LogP contribution in [0.2, 0.25) is 0 Å². The summed E-state index contributed by atoms with van der Waals surface area (Å²) in [7, 11) is 0. The Kier molecular flexibility index (Phi) is 6.68. The number of likely N-dealkylation sites (tertiary alicyclic amines) is 1. The molecule has 2 aliphatic heterocycles. The number of piperidine rings is 1. The van der Waals surface area contributed by atoms with E-state index in [-0.39, 0.29) is 6.04 Å². The van der Waals surface area contributed by atoms with Crippen molar-refractivity contribution >= 4 is 16.9 Å². The third-order valence-electron chi connectivity index (χ3n) is 7.69. The predicted octanol–water partition coefficient (Wildman–Crippen LogP) is 3.03. The smallest absolute Gasteiger partial charge is 0.143 e. The van der Waals surface area contributed by atoms with Crippen LogP contribution in [-0.4, -0.2) is 85.3 Å². The van der Waals surface area contributed by atoms with E-state index in [1.165, 1.54) is 5.56 Å². The molecular weight excluding hydrogens is 504 g/mol. The van der Waals surface area contributed by atoms with Crippen LogP contribution in [0.15, 0.2) is 61.2 Å². The molecule has 11 nitrogen and oxygen atoms in total. The minimum atomic E-state index is 0.263. The molecule has 0 unspecified atom stereocenters. The standard InChI is InChI=1S/C29H32N10O/c30-22-2-1-9-37(17-22)16-20-7-8-31-26(14-20)27-18-39(36-35-27)23-5-3-21(4-6-23)25-15-24-28(34-25)32-19-33-29(24)38-10-12-40-13-11-38/h3-8,14-15,18-19,22H,1-2,9-13,16-17,30H2,(H,32,33,34)/t22-/m1/s1. The summed E-state index contributed by atoms with van der Waals surface area (Å²) in [5.74, 6) is 0.944. The first-order valence-corrected chi connectivity index (χ1v) is 13.8. The van der Waals surface area contributed by atoms with Gasteiger partial charge in [-0.2, -0.15) is 0 Å².